The maximum absolute atomic E-state index is 11.9. The molecule has 2 atom stereocenters. The van der Waals surface area contributed by atoms with E-state index < -0.39 is 0 Å². The Labute approximate surface area is 123 Å². The fraction of sp³-hybridized carbons (Fsp3) is 0.562. The summed E-state index contributed by atoms with van der Waals surface area (Å²) in [7, 11) is 1.94. The molecule has 1 aliphatic rings. The minimum Gasteiger partial charge on any atom is -0.408 e. The van der Waals surface area contributed by atoms with Crippen LogP contribution in [0.4, 0.5) is 0 Å². The van der Waals surface area contributed by atoms with Crippen molar-refractivity contribution in [2.45, 2.75) is 44.9 Å². The van der Waals surface area contributed by atoms with E-state index in [2.05, 4.69) is 11.4 Å². The highest BCUT2D eigenvalue weighted by Gasteiger charge is 2.26. The number of nitrogens with one attached hydrogen (secondary N) is 1. The van der Waals surface area contributed by atoms with Crippen LogP contribution in [-0.4, -0.2) is 24.3 Å². The SMILES string of the molecule is CCCn1c(=O)oc2cc(C(NC)C3CCCO3)ccc21. The third-order valence-corrected chi connectivity index (χ3v) is 4.15. The summed E-state index contributed by atoms with van der Waals surface area (Å²) in [6, 6.07) is 6.14. The minimum atomic E-state index is -0.276. The molecule has 0 spiro atoms. The van der Waals surface area contributed by atoms with Crippen LogP contribution in [0.3, 0.4) is 0 Å². The fourth-order valence-electron chi connectivity index (χ4n) is 3.14. The summed E-state index contributed by atoms with van der Waals surface area (Å²) in [5, 5.41) is 3.32. The van der Waals surface area contributed by atoms with E-state index in [-0.39, 0.29) is 17.9 Å². The molecule has 2 heterocycles. The number of oxazole rings is 1. The zero-order chi connectivity index (χ0) is 14.8. The summed E-state index contributed by atoms with van der Waals surface area (Å²) in [4.78, 5) is 11.9. The average molecular weight is 290 g/mol. The van der Waals surface area contributed by atoms with Crippen LogP contribution in [0.2, 0.25) is 0 Å². The number of hydrogen-bond acceptors (Lipinski definition) is 4. The van der Waals surface area contributed by atoms with Crippen molar-refractivity contribution in [2.24, 2.45) is 0 Å². The number of aryl methyl sites for hydroxylation is 1. The fourth-order valence-corrected chi connectivity index (χ4v) is 3.14. The Balaban J connectivity index is 1.98. The second kappa shape index (κ2) is 6.03. The second-order valence-electron chi connectivity index (χ2n) is 5.56. The number of benzene rings is 1. The molecule has 0 saturated carbocycles. The van der Waals surface area contributed by atoms with Crippen molar-refractivity contribution in [1.29, 1.82) is 0 Å². The van der Waals surface area contributed by atoms with Crippen molar-refractivity contribution < 1.29 is 9.15 Å². The lowest BCUT2D eigenvalue weighted by molar-refractivity contribution is 0.0808. The number of hydrogen-bond donors (Lipinski definition) is 1. The van der Waals surface area contributed by atoms with Gasteiger partial charge in [-0.25, -0.2) is 4.79 Å². The molecule has 1 aromatic heterocycles. The highest BCUT2D eigenvalue weighted by Crippen LogP contribution is 2.28. The van der Waals surface area contributed by atoms with E-state index in [1.165, 1.54) is 0 Å². The Hall–Kier alpha value is -1.59. The van der Waals surface area contributed by atoms with E-state index in [1.807, 2.05) is 26.1 Å². The van der Waals surface area contributed by atoms with Gasteiger partial charge in [0.05, 0.1) is 17.7 Å². The van der Waals surface area contributed by atoms with E-state index >= 15 is 0 Å². The Kier molecular flexibility index (Phi) is 4.12. The molecule has 114 valence electrons. The maximum atomic E-state index is 11.9. The van der Waals surface area contributed by atoms with E-state index in [9.17, 15) is 4.79 Å². The highest BCUT2D eigenvalue weighted by molar-refractivity contribution is 5.74. The molecule has 1 aliphatic heterocycles. The lowest BCUT2D eigenvalue weighted by Crippen LogP contribution is -2.28. The van der Waals surface area contributed by atoms with Crippen LogP contribution in [0.1, 0.15) is 37.8 Å². The first-order valence-corrected chi connectivity index (χ1v) is 7.66. The number of fused-ring (bicyclic) bond motifs is 1. The second-order valence-corrected chi connectivity index (χ2v) is 5.56. The van der Waals surface area contributed by atoms with Crippen LogP contribution in [0, 0.1) is 0 Å². The van der Waals surface area contributed by atoms with Crippen LogP contribution in [0.25, 0.3) is 11.1 Å². The van der Waals surface area contributed by atoms with Crippen molar-refractivity contribution >= 4 is 11.1 Å². The quantitative estimate of drug-likeness (QED) is 0.919. The van der Waals surface area contributed by atoms with Gasteiger partial charge in [-0.1, -0.05) is 13.0 Å². The predicted octanol–water partition coefficient (Wildman–Crippen LogP) is 2.44. The van der Waals surface area contributed by atoms with Crippen LogP contribution in [0.15, 0.2) is 27.4 Å². The van der Waals surface area contributed by atoms with Crippen molar-refractivity contribution in [1.82, 2.24) is 9.88 Å². The Bertz CT molecular complexity index is 668. The van der Waals surface area contributed by atoms with Crippen LogP contribution < -0.4 is 11.1 Å². The minimum absolute atomic E-state index is 0.136. The van der Waals surface area contributed by atoms with Crippen molar-refractivity contribution in [3.63, 3.8) is 0 Å². The number of nitrogens with zero attached hydrogens (tertiary/aromatic N) is 1. The van der Waals surface area contributed by atoms with Crippen LogP contribution in [-0.2, 0) is 11.3 Å². The standard InChI is InChI=1S/C16H22N2O3/c1-3-8-18-12-7-6-11(10-14(12)21-16(18)19)15(17-2)13-5-4-9-20-13/h6-7,10,13,15,17H,3-5,8-9H2,1-2H3. The molecule has 0 amide bonds. The number of likely N-dealkylation sites (N-methyl/N-ethyl adjacent to an activating group) is 1. The molecule has 0 aliphatic carbocycles. The average Bonchev–Trinajstić information content (AvgIpc) is 3.09. The summed E-state index contributed by atoms with van der Waals surface area (Å²) in [6.07, 6.45) is 3.26. The van der Waals surface area contributed by atoms with Gasteiger partial charge >= 0.3 is 5.76 Å². The van der Waals surface area contributed by atoms with Crippen molar-refractivity contribution in [2.75, 3.05) is 13.7 Å². The molecular formula is C16H22N2O3. The molecule has 1 fully saturated rings. The molecule has 1 saturated heterocycles. The number of rotatable bonds is 5. The van der Waals surface area contributed by atoms with Gasteiger partial charge in [0.1, 0.15) is 0 Å². The molecule has 2 unspecified atom stereocenters. The molecule has 21 heavy (non-hydrogen) atoms. The van der Waals surface area contributed by atoms with Gasteiger partial charge < -0.3 is 14.5 Å². The van der Waals surface area contributed by atoms with Gasteiger partial charge in [0, 0.05) is 13.2 Å². The highest BCUT2D eigenvalue weighted by atomic mass is 16.5. The molecule has 3 rings (SSSR count). The molecule has 0 radical (unpaired) electrons. The number of aromatic nitrogens is 1. The smallest absolute Gasteiger partial charge is 0.408 e. The lowest BCUT2D eigenvalue weighted by Gasteiger charge is -2.22. The van der Waals surface area contributed by atoms with Gasteiger partial charge in [0.15, 0.2) is 5.58 Å². The molecular weight excluding hydrogens is 268 g/mol. The molecule has 0 bridgehead atoms. The summed E-state index contributed by atoms with van der Waals surface area (Å²) in [5.41, 5.74) is 2.63. The van der Waals surface area contributed by atoms with E-state index in [1.54, 1.807) is 4.57 Å². The molecule has 5 heteroatoms. The largest absolute Gasteiger partial charge is 0.419 e. The third kappa shape index (κ3) is 2.63. The first-order chi connectivity index (χ1) is 10.2. The van der Waals surface area contributed by atoms with E-state index in [0.29, 0.717) is 12.1 Å². The summed E-state index contributed by atoms with van der Waals surface area (Å²) >= 11 is 0. The van der Waals surface area contributed by atoms with Crippen molar-refractivity contribution in [3.05, 3.63) is 34.3 Å². The first-order valence-electron chi connectivity index (χ1n) is 7.66. The van der Waals surface area contributed by atoms with Crippen molar-refractivity contribution in [3.8, 4) is 0 Å². The topological polar surface area (TPSA) is 56.4 Å². The third-order valence-electron chi connectivity index (χ3n) is 4.15. The Morgan fingerprint density at radius 3 is 3.00 bits per heavy atom. The van der Waals surface area contributed by atoms with Gasteiger partial charge in [-0.2, -0.15) is 0 Å². The van der Waals surface area contributed by atoms with Gasteiger partial charge in [-0.15, -0.1) is 0 Å². The molecule has 2 aromatic rings. The van der Waals surface area contributed by atoms with Gasteiger partial charge in [0.25, 0.3) is 0 Å². The van der Waals surface area contributed by atoms with Gasteiger partial charge in [-0.3, -0.25) is 4.57 Å². The normalized spacial score (nSPS) is 20.2. The van der Waals surface area contributed by atoms with Crippen LogP contribution >= 0.6 is 0 Å². The van der Waals surface area contributed by atoms with Gasteiger partial charge in [0.2, 0.25) is 0 Å². The summed E-state index contributed by atoms with van der Waals surface area (Å²) in [6.45, 7) is 3.56. The van der Waals surface area contributed by atoms with E-state index in [4.69, 9.17) is 9.15 Å². The monoisotopic (exact) mass is 290 g/mol. The van der Waals surface area contributed by atoms with Crippen LogP contribution in [0.5, 0.6) is 0 Å². The summed E-state index contributed by atoms with van der Waals surface area (Å²) < 4.78 is 12.9. The van der Waals surface area contributed by atoms with Gasteiger partial charge in [-0.05, 0) is 44.0 Å². The molecule has 5 nitrogen and oxygen atoms in total. The lowest BCUT2D eigenvalue weighted by atomic mass is 9.99. The summed E-state index contributed by atoms with van der Waals surface area (Å²) in [5.74, 6) is -0.276. The Morgan fingerprint density at radius 2 is 2.33 bits per heavy atom. The molecule has 1 N–H and O–H groups in total. The predicted molar refractivity (Wildman–Crippen MR) is 81.5 cm³/mol. The first kappa shape index (κ1) is 14.4. The molecule has 1 aromatic carbocycles. The Morgan fingerprint density at radius 1 is 1.48 bits per heavy atom. The maximum Gasteiger partial charge on any atom is 0.419 e. The zero-order valence-electron chi connectivity index (χ0n) is 12.6. The number of ether oxygens (including phenoxy) is 1. The van der Waals surface area contributed by atoms with E-state index in [0.717, 1.165) is 36.9 Å². The zero-order valence-corrected chi connectivity index (χ0v) is 12.6.